The van der Waals surface area contributed by atoms with Crippen LogP contribution in [0, 0.1) is 11.3 Å². The van der Waals surface area contributed by atoms with Gasteiger partial charge >= 0.3 is 0 Å². The van der Waals surface area contributed by atoms with Gasteiger partial charge in [-0.1, -0.05) is 0 Å². The Bertz CT molecular complexity index is 1120. The van der Waals surface area contributed by atoms with Gasteiger partial charge < -0.3 is 4.98 Å². The molecule has 0 unspecified atom stereocenters. The van der Waals surface area contributed by atoms with Gasteiger partial charge in [0.05, 0.1) is 30.5 Å². The van der Waals surface area contributed by atoms with Crippen molar-refractivity contribution in [3.63, 3.8) is 0 Å². The number of nitrogens with one attached hydrogen (secondary N) is 1. The molecule has 0 saturated carbocycles. The number of piperidine rings is 1. The maximum absolute atomic E-state index is 11.8. The molecular weight excluding hydrogens is 364 g/mol. The van der Waals surface area contributed by atoms with Gasteiger partial charge in [-0.15, -0.1) is 0 Å². The Hall–Kier alpha value is -2.70. The molecule has 4 heterocycles. The summed E-state index contributed by atoms with van der Waals surface area (Å²) in [6.07, 6.45) is 10.0. The SMILES string of the molecule is CS(=O)(=O)N1CCC(CC#N)(n2cc(-c3c[nH]c4ncccc34)cn2)CC1. The van der Waals surface area contributed by atoms with Gasteiger partial charge in [0.25, 0.3) is 0 Å². The van der Waals surface area contributed by atoms with E-state index in [0.29, 0.717) is 32.4 Å². The van der Waals surface area contributed by atoms with E-state index in [2.05, 4.69) is 21.1 Å². The van der Waals surface area contributed by atoms with Gasteiger partial charge in [-0.3, -0.25) is 4.68 Å². The summed E-state index contributed by atoms with van der Waals surface area (Å²) in [5, 5.41) is 14.9. The van der Waals surface area contributed by atoms with Gasteiger partial charge in [0.15, 0.2) is 0 Å². The van der Waals surface area contributed by atoms with Crippen LogP contribution in [0.4, 0.5) is 0 Å². The molecule has 27 heavy (non-hydrogen) atoms. The molecule has 3 aromatic rings. The summed E-state index contributed by atoms with van der Waals surface area (Å²) in [6.45, 7) is 0.791. The molecular formula is C18H20N6O2S. The summed E-state index contributed by atoms with van der Waals surface area (Å²) in [6, 6.07) is 6.15. The first kappa shape index (κ1) is 17.7. The molecule has 8 nitrogen and oxygen atoms in total. The number of pyridine rings is 1. The highest BCUT2D eigenvalue weighted by molar-refractivity contribution is 7.88. The molecule has 1 saturated heterocycles. The molecule has 0 radical (unpaired) electrons. The van der Waals surface area contributed by atoms with Crippen molar-refractivity contribution in [2.24, 2.45) is 0 Å². The molecule has 0 atom stereocenters. The van der Waals surface area contributed by atoms with E-state index >= 15 is 0 Å². The number of aromatic amines is 1. The summed E-state index contributed by atoms with van der Waals surface area (Å²) in [5.74, 6) is 0. The van der Waals surface area contributed by atoms with Gasteiger partial charge in [0, 0.05) is 48.2 Å². The molecule has 0 amide bonds. The third-order valence-electron chi connectivity index (χ3n) is 5.36. The Morgan fingerprint density at radius 3 is 2.85 bits per heavy atom. The van der Waals surface area contributed by atoms with Crippen LogP contribution in [0.1, 0.15) is 19.3 Å². The van der Waals surface area contributed by atoms with Crippen LogP contribution in [0.25, 0.3) is 22.2 Å². The number of hydrogen-bond donors (Lipinski definition) is 1. The zero-order valence-corrected chi connectivity index (χ0v) is 15.8. The van der Waals surface area contributed by atoms with E-state index in [1.54, 1.807) is 12.4 Å². The van der Waals surface area contributed by atoms with Crippen molar-refractivity contribution in [3.05, 3.63) is 36.9 Å². The van der Waals surface area contributed by atoms with Crippen LogP contribution >= 0.6 is 0 Å². The molecule has 0 bridgehead atoms. The molecule has 1 N–H and O–H groups in total. The number of hydrogen-bond acceptors (Lipinski definition) is 5. The quantitative estimate of drug-likeness (QED) is 0.741. The number of aromatic nitrogens is 4. The van der Waals surface area contributed by atoms with Crippen LogP contribution in [-0.4, -0.2) is 51.8 Å². The molecule has 9 heteroatoms. The number of nitrogens with zero attached hydrogens (tertiary/aromatic N) is 5. The van der Waals surface area contributed by atoms with E-state index in [9.17, 15) is 13.7 Å². The van der Waals surface area contributed by atoms with Gasteiger partial charge in [-0.25, -0.2) is 17.7 Å². The van der Waals surface area contributed by atoms with E-state index in [1.165, 1.54) is 10.6 Å². The minimum absolute atomic E-state index is 0.293. The Labute approximate surface area is 157 Å². The minimum atomic E-state index is -3.22. The van der Waals surface area contributed by atoms with Crippen molar-refractivity contribution in [1.82, 2.24) is 24.1 Å². The maximum Gasteiger partial charge on any atom is 0.211 e. The minimum Gasteiger partial charge on any atom is -0.346 e. The molecule has 140 valence electrons. The van der Waals surface area contributed by atoms with Crippen molar-refractivity contribution in [1.29, 1.82) is 5.26 Å². The first-order chi connectivity index (χ1) is 12.9. The predicted molar refractivity (Wildman–Crippen MR) is 101 cm³/mol. The van der Waals surface area contributed by atoms with Crippen molar-refractivity contribution in [2.75, 3.05) is 19.3 Å². The van der Waals surface area contributed by atoms with Crippen molar-refractivity contribution in [2.45, 2.75) is 24.8 Å². The van der Waals surface area contributed by atoms with Crippen molar-refractivity contribution in [3.8, 4) is 17.2 Å². The van der Waals surface area contributed by atoms with Crippen molar-refractivity contribution >= 4 is 21.1 Å². The lowest BCUT2D eigenvalue weighted by atomic mass is 9.85. The second-order valence-electron chi connectivity index (χ2n) is 7.00. The fourth-order valence-corrected chi connectivity index (χ4v) is 4.63. The molecule has 3 aromatic heterocycles. The second-order valence-corrected chi connectivity index (χ2v) is 8.98. The normalized spacial score (nSPS) is 17.8. The molecule has 1 aliphatic rings. The zero-order chi connectivity index (χ0) is 19.1. The molecule has 1 aliphatic heterocycles. The van der Waals surface area contributed by atoms with Crippen molar-refractivity contribution < 1.29 is 8.42 Å². The van der Waals surface area contributed by atoms with E-state index in [1.807, 2.05) is 29.2 Å². The van der Waals surface area contributed by atoms with E-state index in [0.717, 1.165) is 22.2 Å². The van der Waals surface area contributed by atoms with Crippen LogP contribution in [-0.2, 0) is 15.6 Å². The van der Waals surface area contributed by atoms with Gasteiger partial charge in [-0.05, 0) is 25.0 Å². The lowest BCUT2D eigenvalue weighted by molar-refractivity contribution is 0.148. The Morgan fingerprint density at radius 1 is 1.37 bits per heavy atom. The van der Waals surface area contributed by atoms with Gasteiger partial charge in [0.2, 0.25) is 10.0 Å². The van der Waals surface area contributed by atoms with Crippen LogP contribution in [0.2, 0.25) is 0 Å². The van der Waals surface area contributed by atoms with Crippen LogP contribution in [0.3, 0.4) is 0 Å². The smallest absolute Gasteiger partial charge is 0.211 e. The average Bonchev–Trinajstić information content (AvgIpc) is 3.29. The monoisotopic (exact) mass is 384 g/mol. The number of rotatable bonds is 4. The van der Waals surface area contributed by atoms with Crippen LogP contribution in [0.5, 0.6) is 0 Å². The second kappa shape index (κ2) is 6.48. The van der Waals surface area contributed by atoms with E-state index < -0.39 is 15.6 Å². The average molecular weight is 384 g/mol. The summed E-state index contributed by atoms with van der Waals surface area (Å²) < 4.78 is 26.9. The first-order valence-electron chi connectivity index (χ1n) is 8.73. The summed E-state index contributed by atoms with van der Waals surface area (Å²) >= 11 is 0. The lowest BCUT2D eigenvalue weighted by Gasteiger charge is -2.39. The molecule has 0 aromatic carbocycles. The number of H-pyrrole nitrogens is 1. The fraction of sp³-hybridized carbons (Fsp3) is 0.389. The first-order valence-corrected chi connectivity index (χ1v) is 10.6. The third-order valence-corrected chi connectivity index (χ3v) is 6.66. The molecule has 1 fully saturated rings. The Kier molecular flexibility index (Phi) is 4.25. The topological polar surface area (TPSA) is 108 Å². The number of sulfonamides is 1. The number of fused-ring (bicyclic) bond motifs is 1. The Morgan fingerprint density at radius 2 is 2.15 bits per heavy atom. The highest BCUT2D eigenvalue weighted by atomic mass is 32.2. The van der Waals surface area contributed by atoms with E-state index in [4.69, 9.17) is 0 Å². The predicted octanol–water partition coefficient (Wildman–Crippen LogP) is 2.09. The summed E-state index contributed by atoms with van der Waals surface area (Å²) in [5.41, 5.74) is 2.27. The largest absolute Gasteiger partial charge is 0.346 e. The molecule has 4 rings (SSSR count). The summed E-state index contributed by atoms with van der Waals surface area (Å²) in [7, 11) is -3.22. The number of nitriles is 1. The van der Waals surface area contributed by atoms with Gasteiger partial charge in [-0.2, -0.15) is 10.4 Å². The van der Waals surface area contributed by atoms with Gasteiger partial charge in [0.1, 0.15) is 5.65 Å². The molecule has 0 spiro atoms. The van der Waals surface area contributed by atoms with Crippen LogP contribution < -0.4 is 0 Å². The standard InChI is InChI=1S/C18H20N6O2S/c1-27(25,26)23-9-5-18(4-7-19,6-10-23)24-13-14(11-22-24)16-12-21-17-15(16)3-2-8-20-17/h2-3,8,11-13H,4-6,9-10H2,1H3,(H,20,21). The highest BCUT2D eigenvalue weighted by Crippen LogP contribution is 2.36. The molecule has 0 aliphatic carbocycles. The van der Waals surface area contributed by atoms with E-state index in [-0.39, 0.29) is 0 Å². The fourth-order valence-electron chi connectivity index (χ4n) is 3.78. The Balaban J connectivity index is 1.67. The summed E-state index contributed by atoms with van der Waals surface area (Å²) in [4.78, 5) is 7.47. The van der Waals surface area contributed by atoms with Crippen LogP contribution in [0.15, 0.2) is 36.9 Å². The maximum atomic E-state index is 11.8. The third kappa shape index (κ3) is 3.11. The highest BCUT2D eigenvalue weighted by Gasteiger charge is 2.39. The zero-order valence-electron chi connectivity index (χ0n) is 15.0. The lowest BCUT2D eigenvalue weighted by Crippen LogP contribution is -2.47.